The van der Waals surface area contributed by atoms with Crippen molar-refractivity contribution in [1.29, 1.82) is 0 Å². The summed E-state index contributed by atoms with van der Waals surface area (Å²) < 4.78 is 1.09. The average Bonchev–Trinajstić information content (AvgIpc) is 2.08. The van der Waals surface area contributed by atoms with Crippen LogP contribution in [0, 0.1) is 3.57 Å². The molecule has 1 unspecified atom stereocenters. The molecule has 0 amide bonds. The average molecular weight is 371 g/mol. The Morgan fingerprint density at radius 2 is 2.23 bits per heavy atom. The number of thiol groups is 1. The molecule has 0 saturated carbocycles. The fraction of sp³-hybridized carbons (Fsp3) is 0.222. The number of Topliss-reactive ketones (excluding diaryl/α,β-unsaturated/α-hetero) is 1. The molecule has 1 aromatic rings. The van der Waals surface area contributed by atoms with E-state index in [2.05, 4.69) is 51.1 Å². The number of benzene rings is 1. The van der Waals surface area contributed by atoms with Crippen LogP contribution in [-0.2, 0) is 4.79 Å². The molecule has 0 aliphatic carbocycles. The molecular weight excluding hydrogens is 363 g/mol. The van der Waals surface area contributed by atoms with Gasteiger partial charge in [0.05, 0.1) is 4.83 Å². The standard InChI is InChI=1S/C9H8BrIOS/c1-5(12)9(10)6-2-3-7(11)8(13)4-6/h2-4,9,13H,1H3. The predicted molar refractivity (Wildman–Crippen MR) is 68.8 cm³/mol. The lowest BCUT2D eigenvalue weighted by Gasteiger charge is -2.07. The zero-order valence-corrected chi connectivity index (χ0v) is 11.6. The molecule has 4 heteroatoms. The Bertz CT molecular complexity index is 340. The molecule has 1 atom stereocenters. The van der Waals surface area contributed by atoms with Crippen molar-refractivity contribution >= 4 is 56.9 Å². The maximum absolute atomic E-state index is 11.1. The van der Waals surface area contributed by atoms with Gasteiger partial charge in [0.1, 0.15) is 5.78 Å². The summed E-state index contributed by atoms with van der Waals surface area (Å²) in [5, 5.41) is 0. The van der Waals surface area contributed by atoms with Gasteiger partial charge in [-0.05, 0) is 47.2 Å². The molecule has 0 heterocycles. The fourth-order valence-corrected chi connectivity index (χ4v) is 1.77. The molecule has 0 aliphatic rings. The van der Waals surface area contributed by atoms with Crippen molar-refractivity contribution in [3.63, 3.8) is 0 Å². The highest BCUT2D eigenvalue weighted by atomic mass is 127. The summed E-state index contributed by atoms with van der Waals surface area (Å²) in [7, 11) is 0. The highest BCUT2D eigenvalue weighted by molar-refractivity contribution is 14.1. The summed E-state index contributed by atoms with van der Waals surface area (Å²) in [6, 6.07) is 5.80. The van der Waals surface area contributed by atoms with Gasteiger partial charge in [-0.1, -0.05) is 22.0 Å². The van der Waals surface area contributed by atoms with Gasteiger partial charge in [0, 0.05) is 8.47 Å². The fourth-order valence-electron chi connectivity index (χ4n) is 0.922. The number of carbonyl (C=O) groups excluding carboxylic acids is 1. The predicted octanol–water partition coefficient (Wildman–Crippen LogP) is 3.60. The van der Waals surface area contributed by atoms with E-state index in [4.69, 9.17) is 0 Å². The second-order valence-electron chi connectivity index (χ2n) is 2.68. The highest BCUT2D eigenvalue weighted by Crippen LogP contribution is 2.27. The van der Waals surface area contributed by atoms with Crippen molar-refractivity contribution in [2.45, 2.75) is 16.6 Å². The van der Waals surface area contributed by atoms with Crippen LogP contribution in [-0.4, -0.2) is 5.78 Å². The van der Waals surface area contributed by atoms with Crippen LogP contribution in [0.15, 0.2) is 23.1 Å². The molecule has 1 rings (SSSR count). The third-order valence-electron chi connectivity index (χ3n) is 1.62. The van der Waals surface area contributed by atoms with Gasteiger partial charge >= 0.3 is 0 Å². The first-order chi connectivity index (χ1) is 6.02. The Balaban J connectivity index is 3.03. The number of hydrogen-bond acceptors (Lipinski definition) is 2. The van der Waals surface area contributed by atoms with E-state index in [-0.39, 0.29) is 10.6 Å². The van der Waals surface area contributed by atoms with Crippen LogP contribution < -0.4 is 0 Å². The maximum Gasteiger partial charge on any atom is 0.147 e. The van der Waals surface area contributed by atoms with Gasteiger partial charge in [0.25, 0.3) is 0 Å². The van der Waals surface area contributed by atoms with Gasteiger partial charge in [0.2, 0.25) is 0 Å². The molecule has 0 fully saturated rings. The molecule has 0 saturated heterocycles. The van der Waals surface area contributed by atoms with Crippen LogP contribution in [0.3, 0.4) is 0 Å². The molecule has 1 aromatic carbocycles. The first kappa shape index (κ1) is 11.5. The molecule has 0 aliphatic heterocycles. The number of ketones is 1. The van der Waals surface area contributed by atoms with Crippen LogP contribution in [0.5, 0.6) is 0 Å². The lowest BCUT2D eigenvalue weighted by Crippen LogP contribution is -2.00. The van der Waals surface area contributed by atoms with E-state index in [1.165, 1.54) is 0 Å². The van der Waals surface area contributed by atoms with Crippen molar-refractivity contribution < 1.29 is 4.79 Å². The summed E-state index contributed by atoms with van der Waals surface area (Å²) in [5.41, 5.74) is 0.956. The Hall–Kier alpha value is 0.450. The smallest absolute Gasteiger partial charge is 0.147 e. The molecule has 0 bridgehead atoms. The van der Waals surface area contributed by atoms with E-state index in [0.717, 1.165) is 14.0 Å². The number of alkyl halides is 1. The van der Waals surface area contributed by atoms with E-state index >= 15 is 0 Å². The Morgan fingerprint density at radius 3 is 2.69 bits per heavy atom. The van der Waals surface area contributed by atoms with E-state index in [1.807, 2.05) is 18.2 Å². The molecule has 1 nitrogen and oxygen atoms in total. The van der Waals surface area contributed by atoms with E-state index < -0.39 is 0 Å². The van der Waals surface area contributed by atoms with E-state index in [9.17, 15) is 4.79 Å². The lowest BCUT2D eigenvalue weighted by atomic mass is 10.1. The normalized spacial score (nSPS) is 12.6. The minimum atomic E-state index is -0.213. The third kappa shape index (κ3) is 2.95. The lowest BCUT2D eigenvalue weighted by molar-refractivity contribution is -0.116. The van der Waals surface area contributed by atoms with Gasteiger partial charge in [-0.25, -0.2) is 0 Å². The van der Waals surface area contributed by atoms with Crippen molar-refractivity contribution in [1.82, 2.24) is 0 Å². The number of carbonyl (C=O) groups is 1. The largest absolute Gasteiger partial charge is 0.298 e. The Labute approximate surface area is 105 Å². The van der Waals surface area contributed by atoms with E-state index in [0.29, 0.717) is 0 Å². The van der Waals surface area contributed by atoms with E-state index in [1.54, 1.807) is 6.92 Å². The van der Waals surface area contributed by atoms with Gasteiger partial charge in [0.15, 0.2) is 0 Å². The Kier molecular flexibility index (Phi) is 4.25. The number of hydrogen-bond donors (Lipinski definition) is 1. The van der Waals surface area contributed by atoms with Crippen molar-refractivity contribution in [2.24, 2.45) is 0 Å². The quantitative estimate of drug-likeness (QED) is 0.478. The minimum absolute atomic E-state index is 0.106. The molecule has 13 heavy (non-hydrogen) atoms. The summed E-state index contributed by atoms with van der Waals surface area (Å²) >= 11 is 9.82. The SMILES string of the molecule is CC(=O)C(Br)c1ccc(I)c(S)c1. The maximum atomic E-state index is 11.1. The molecule has 0 N–H and O–H groups in total. The van der Waals surface area contributed by atoms with Crippen molar-refractivity contribution in [3.05, 3.63) is 27.3 Å². The summed E-state index contributed by atoms with van der Waals surface area (Å²) in [6.45, 7) is 1.57. The van der Waals surface area contributed by atoms with Crippen molar-refractivity contribution in [3.8, 4) is 0 Å². The van der Waals surface area contributed by atoms with Crippen molar-refractivity contribution in [2.75, 3.05) is 0 Å². The topological polar surface area (TPSA) is 17.1 Å². The van der Waals surface area contributed by atoms with Crippen LogP contribution in [0.1, 0.15) is 17.3 Å². The minimum Gasteiger partial charge on any atom is -0.298 e. The first-order valence-electron chi connectivity index (χ1n) is 3.65. The first-order valence-corrected chi connectivity index (χ1v) is 6.09. The molecule has 0 radical (unpaired) electrons. The second-order valence-corrected chi connectivity index (χ2v) is 5.24. The second kappa shape index (κ2) is 4.79. The summed E-state index contributed by atoms with van der Waals surface area (Å²) in [5.74, 6) is 0.106. The van der Waals surface area contributed by atoms with Crippen LogP contribution in [0.2, 0.25) is 0 Å². The monoisotopic (exact) mass is 370 g/mol. The summed E-state index contributed by atoms with van der Waals surface area (Å²) in [4.78, 5) is 11.8. The van der Waals surface area contributed by atoms with Crippen LogP contribution >= 0.6 is 51.1 Å². The van der Waals surface area contributed by atoms with Crippen LogP contribution in [0.25, 0.3) is 0 Å². The van der Waals surface area contributed by atoms with Gasteiger partial charge < -0.3 is 0 Å². The number of rotatable bonds is 2. The molecule has 0 aromatic heterocycles. The van der Waals surface area contributed by atoms with Gasteiger partial charge in [-0.3, -0.25) is 4.79 Å². The highest BCUT2D eigenvalue weighted by Gasteiger charge is 2.12. The zero-order valence-electron chi connectivity index (χ0n) is 6.92. The number of halogens is 2. The third-order valence-corrected chi connectivity index (χ3v) is 4.53. The van der Waals surface area contributed by atoms with Crippen LogP contribution in [0.4, 0.5) is 0 Å². The zero-order chi connectivity index (χ0) is 10.0. The van der Waals surface area contributed by atoms with Gasteiger partial charge in [-0.15, -0.1) is 12.6 Å². The molecular formula is C9H8BrIOS. The van der Waals surface area contributed by atoms with Gasteiger partial charge in [-0.2, -0.15) is 0 Å². The summed E-state index contributed by atoms with van der Waals surface area (Å²) in [6.07, 6.45) is 0. The molecule has 70 valence electrons. The Morgan fingerprint density at radius 1 is 1.62 bits per heavy atom. The molecule has 0 spiro atoms.